The van der Waals surface area contributed by atoms with E-state index in [-0.39, 0.29) is 18.6 Å². The first-order valence-corrected chi connectivity index (χ1v) is 8.75. The number of nitrogens with one attached hydrogen (secondary N) is 1. The lowest BCUT2D eigenvalue weighted by atomic mass is 10.1. The van der Waals surface area contributed by atoms with Gasteiger partial charge in [-0.1, -0.05) is 35.5 Å². The Morgan fingerprint density at radius 2 is 1.92 bits per heavy atom. The third-order valence-electron chi connectivity index (χ3n) is 3.41. The molecule has 0 aliphatic heterocycles. The molecule has 26 heavy (non-hydrogen) atoms. The van der Waals surface area contributed by atoms with Gasteiger partial charge in [0.15, 0.2) is 0 Å². The van der Waals surface area contributed by atoms with Crippen molar-refractivity contribution in [2.75, 3.05) is 5.75 Å². The van der Waals surface area contributed by atoms with Crippen molar-refractivity contribution in [2.45, 2.75) is 31.3 Å². The number of carbonyl (C=O) groups excluding carboxylic acids is 2. The van der Waals surface area contributed by atoms with Crippen molar-refractivity contribution in [2.24, 2.45) is 5.16 Å². The Morgan fingerprint density at radius 1 is 1.27 bits per heavy atom. The number of nitrogens with zero attached hydrogens (tertiary/aromatic N) is 1. The van der Waals surface area contributed by atoms with Gasteiger partial charge in [-0.15, -0.1) is 11.8 Å². The van der Waals surface area contributed by atoms with Gasteiger partial charge in [0.25, 0.3) is 0 Å². The molecular weight excluding hydrogens is 362 g/mol. The highest BCUT2D eigenvalue weighted by Gasteiger charge is 2.22. The summed E-state index contributed by atoms with van der Waals surface area (Å²) in [5, 5.41) is 34.7. The number of amides is 1. The average Bonchev–Trinajstić information content (AvgIpc) is 2.62. The van der Waals surface area contributed by atoms with Crippen LogP contribution in [0.5, 0.6) is 0 Å². The van der Waals surface area contributed by atoms with E-state index >= 15 is 0 Å². The molecule has 0 saturated carbocycles. The van der Waals surface area contributed by atoms with Crippen LogP contribution in [-0.4, -0.2) is 51.0 Å². The van der Waals surface area contributed by atoms with Gasteiger partial charge in [-0.05, 0) is 5.56 Å². The predicted molar refractivity (Wildman–Crippen MR) is 92.3 cm³/mol. The Balaban J connectivity index is 2.52. The Morgan fingerprint density at radius 3 is 2.46 bits per heavy atom. The molecule has 0 aliphatic carbocycles. The number of thioether (sulfide) groups is 1. The van der Waals surface area contributed by atoms with Crippen LogP contribution in [0.15, 0.2) is 35.5 Å². The number of benzene rings is 1. The minimum atomic E-state index is -1.37. The van der Waals surface area contributed by atoms with Crippen molar-refractivity contribution in [3.05, 3.63) is 35.9 Å². The fraction of sp³-hybridized carbons (Fsp3) is 0.375. The number of carboxylic acid groups (broad SMARTS) is 2. The van der Waals surface area contributed by atoms with E-state index in [1.165, 1.54) is 0 Å². The molecule has 9 nitrogen and oxygen atoms in total. The zero-order chi connectivity index (χ0) is 19.5. The number of rotatable bonds is 10. The van der Waals surface area contributed by atoms with Gasteiger partial charge in [-0.3, -0.25) is 4.79 Å². The SMILES string of the molecule is [NH3+][C@@H](CCC(=O)N[C@@H](CS/C(Cc1ccccc1)=N\O)C(=O)O)C(=O)[O-]. The lowest BCUT2D eigenvalue weighted by Gasteiger charge is -2.15. The molecule has 0 aromatic heterocycles. The van der Waals surface area contributed by atoms with E-state index in [0.29, 0.717) is 11.5 Å². The molecule has 142 valence electrons. The molecule has 1 aromatic carbocycles. The highest BCUT2D eigenvalue weighted by atomic mass is 32.2. The van der Waals surface area contributed by atoms with Gasteiger partial charge in [0.2, 0.25) is 5.91 Å². The molecule has 2 atom stereocenters. The molecule has 0 spiro atoms. The van der Waals surface area contributed by atoms with Gasteiger partial charge >= 0.3 is 5.97 Å². The second kappa shape index (κ2) is 11.1. The first-order valence-electron chi connectivity index (χ1n) is 7.77. The summed E-state index contributed by atoms with van der Waals surface area (Å²) in [4.78, 5) is 33.6. The quantitative estimate of drug-likeness (QED) is 0.164. The van der Waals surface area contributed by atoms with Crippen LogP contribution in [0, 0.1) is 0 Å². The normalized spacial score (nSPS) is 13.7. The summed E-state index contributed by atoms with van der Waals surface area (Å²) in [6, 6.07) is 6.95. The van der Waals surface area contributed by atoms with Gasteiger partial charge in [0, 0.05) is 25.0 Å². The van der Waals surface area contributed by atoms with Gasteiger partial charge in [-0.2, -0.15) is 0 Å². The molecule has 6 N–H and O–H groups in total. The van der Waals surface area contributed by atoms with Crippen molar-refractivity contribution >= 4 is 34.7 Å². The van der Waals surface area contributed by atoms with Gasteiger partial charge in [0.1, 0.15) is 17.1 Å². The zero-order valence-electron chi connectivity index (χ0n) is 14.0. The van der Waals surface area contributed by atoms with Crippen LogP contribution in [-0.2, 0) is 20.8 Å². The topological polar surface area (TPSA) is 167 Å². The summed E-state index contributed by atoms with van der Waals surface area (Å²) < 4.78 is 0. The van der Waals surface area contributed by atoms with Crippen molar-refractivity contribution in [1.82, 2.24) is 5.32 Å². The Kier molecular flexibility index (Phi) is 9.17. The fourth-order valence-electron chi connectivity index (χ4n) is 1.93. The van der Waals surface area contributed by atoms with Crippen LogP contribution in [0.4, 0.5) is 0 Å². The molecule has 0 fully saturated rings. The Labute approximate surface area is 154 Å². The van der Waals surface area contributed by atoms with E-state index in [1.807, 2.05) is 30.3 Å². The van der Waals surface area contributed by atoms with E-state index in [9.17, 15) is 24.6 Å². The molecule has 0 bridgehead atoms. The van der Waals surface area contributed by atoms with Gasteiger partial charge in [0.05, 0.1) is 5.97 Å². The fourth-order valence-corrected chi connectivity index (χ4v) is 2.84. The van der Waals surface area contributed by atoms with Gasteiger partial charge < -0.3 is 31.3 Å². The number of carboxylic acids is 2. The maximum Gasteiger partial charge on any atom is 0.327 e. The number of quaternary nitrogens is 1. The molecule has 0 heterocycles. The predicted octanol–water partition coefficient (Wildman–Crippen LogP) is -1.54. The third-order valence-corrected chi connectivity index (χ3v) is 4.47. The molecule has 0 saturated heterocycles. The summed E-state index contributed by atoms with van der Waals surface area (Å²) in [7, 11) is 0. The molecule has 0 unspecified atom stereocenters. The second-order valence-corrected chi connectivity index (χ2v) is 6.57. The monoisotopic (exact) mass is 383 g/mol. The first kappa shape index (κ1) is 21.5. The van der Waals surface area contributed by atoms with Crippen LogP contribution < -0.4 is 16.2 Å². The minimum Gasteiger partial charge on any atom is -0.544 e. The van der Waals surface area contributed by atoms with Crippen molar-refractivity contribution in [3.8, 4) is 0 Å². The van der Waals surface area contributed by atoms with Crippen LogP contribution in [0.3, 0.4) is 0 Å². The summed E-state index contributed by atoms with van der Waals surface area (Å²) in [6.45, 7) is 0. The number of hydrogen-bond acceptors (Lipinski definition) is 7. The standard InChI is InChI=1S/C16H21N3O6S/c17-11(15(21)22)6-7-13(20)18-12(16(23)24)9-26-14(19-25)8-10-4-2-1-3-5-10/h1-5,11-12,25H,6-9,17H2,(H,18,20)(H,21,22)(H,23,24)/b19-14-/t11-,12-/m0/s1. The lowest BCUT2D eigenvalue weighted by Crippen LogP contribution is -2.68. The molecule has 0 aliphatic rings. The van der Waals surface area contributed by atoms with Gasteiger partial charge in [-0.25, -0.2) is 4.79 Å². The highest BCUT2D eigenvalue weighted by Crippen LogP contribution is 2.12. The maximum absolute atomic E-state index is 11.8. The van der Waals surface area contributed by atoms with Crippen LogP contribution in [0.2, 0.25) is 0 Å². The van der Waals surface area contributed by atoms with E-state index in [4.69, 9.17) is 5.21 Å². The largest absolute Gasteiger partial charge is 0.544 e. The van der Waals surface area contributed by atoms with Crippen LogP contribution in [0.1, 0.15) is 18.4 Å². The first-order chi connectivity index (χ1) is 12.3. The number of oxime groups is 1. The number of hydrogen-bond donors (Lipinski definition) is 4. The summed E-state index contributed by atoms with van der Waals surface area (Å²) in [5.74, 6) is -3.25. The summed E-state index contributed by atoms with van der Waals surface area (Å²) >= 11 is 1.01. The third kappa shape index (κ3) is 7.99. The van der Waals surface area contributed by atoms with E-state index in [2.05, 4.69) is 16.2 Å². The molecule has 1 aromatic rings. The summed E-state index contributed by atoms with van der Waals surface area (Å²) in [5.41, 5.74) is 4.22. The minimum absolute atomic E-state index is 0.0401. The highest BCUT2D eigenvalue weighted by molar-refractivity contribution is 8.14. The number of aliphatic carboxylic acids is 2. The zero-order valence-corrected chi connectivity index (χ0v) is 14.8. The molecule has 10 heteroatoms. The molecule has 0 radical (unpaired) electrons. The Hall–Kier alpha value is -2.59. The van der Waals surface area contributed by atoms with E-state index in [1.54, 1.807) is 0 Å². The van der Waals surface area contributed by atoms with Crippen LogP contribution >= 0.6 is 11.8 Å². The molecule has 1 rings (SSSR count). The van der Waals surface area contributed by atoms with Crippen molar-refractivity contribution in [1.29, 1.82) is 0 Å². The second-order valence-electron chi connectivity index (χ2n) is 5.48. The Bertz CT molecular complexity index is 653. The smallest absolute Gasteiger partial charge is 0.327 e. The van der Waals surface area contributed by atoms with Crippen molar-refractivity contribution in [3.63, 3.8) is 0 Å². The summed E-state index contributed by atoms with van der Waals surface area (Å²) in [6.07, 6.45) is 0.101. The molecular formula is C16H21N3O6S. The maximum atomic E-state index is 11.8. The van der Waals surface area contributed by atoms with Crippen molar-refractivity contribution < 1.29 is 35.5 Å². The van der Waals surface area contributed by atoms with E-state index < -0.39 is 29.9 Å². The lowest BCUT2D eigenvalue weighted by molar-refractivity contribution is -0.438. The van der Waals surface area contributed by atoms with E-state index in [0.717, 1.165) is 17.3 Å². The molecule has 1 amide bonds. The average molecular weight is 383 g/mol. The van der Waals surface area contributed by atoms with Crippen LogP contribution in [0.25, 0.3) is 0 Å². The number of carbonyl (C=O) groups is 3.